The van der Waals surface area contributed by atoms with Gasteiger partial charge in [0.25, 0.3) is 0 Å². The first-order chi connectivity index (χ1) is 20.7. The molecule has 0 amide bonds. The molecule has 0 bridgehead atoms. The van der Waals surface area contributed by atoms with Crippen LogP contribution in [0.5, 0.6) is 0 Å². The van der Waals surface area contributed by atoms with Crippen LogP contribution in [0.1, 0.15) is 11.1 Å². The highest BCUT2D eigenvalue weighted by Crippen LogP contribution is 2.44. The van der Waals surface area contributed by atoms with E-state index in [1.807, 2.05) is 34.8 Å². The van der Waals surface area contributed by atoms with Gasteiger partial charge in [0.1, 0.15) is 0 Å². The highest BCUT2D eigenvalue weighted by atomic mass is 32.1. The predicted molar refractivity (Wildman–Crippen MR) is 178 cm³/mol. The predicted octanol–water partition coefficient (Wildman–Crippen LogP) is 11.2. The van der Waals surface area contributed by atoms with Gasteiger partial charge >= 0.3 is 0 Å². The van der Waals surface area contributed by atoms with E-state index in [1.165, 1.54) is 51.5 Å². The lowest BCUT2D eigenvalue weighted by molar-refractivity contribution is 1.44. The smallest absolute Gasteiger partial charge is 0.0992 e. The molecule has 2 nitrogen and oxygen atoms in total. The number of fused-ring (bicyclic) bond motifs is 6. The topological polar surface area (TPSA) is 47.6 Å². The summed E-state index contributed by atoms with van der Waals surface area (Å²) in [5.41, 5.74) is 7.37. The summed E-state index contributed by atoms with van der Waals surface area (Å²) in [5.74, 6) is 0. The fourth-order valence-corrected chi connectivity index (χ4v) is 8.39. The highest BCUT2D eigenvalue weighted by molar-refractivity contribution is 7.26. The van der Waals surface area contributed by atoms with Gasteiger partial charge in [0.2, 0.25) is 0 Å². The molecule has 8 rings (SSSR count). The van der Waals surface area contributed by atoms with E-state index in [0.717, 1.165) is 22.3 Å². The quantitative estimate of drug-likeness (QED) is 0.213. The number of hydrogen-bond donors (Lipinski definition) is 0. The van der Waals surface area contributed by atoms with E-state index in [0.29, 0.717) is 11.1 Å². The molecule has 0 aliphatic carbocycles. The Balaban J connectivity index is 1.45. The van der Waals surface area contributed by atoms with Crippen LogP contribution in [-0.4, -0.2) is 0 Å². The Labute approximate surface area is 250 Å². The molecule has 0 aliphatic rings. The van der Waals surface area contributed by atoms with Crippen molar-refractivity contribution in [3.05, 3.63) is 132 Å². The number of thiophene rings is 2. The summed E-state index contributed by atoms with van der Waals surface area (Å²) in [6.45, 7) is 0. The van der Waals surface area contributed by atoms with E-state index in [9.17, 15) is 10.5 Å². The van der Waals surface area contributed by atoms with Crippen molar-refractivity contribution in [2.45, 2.75) is 0 Å². The van der Waals surface area contributed by atoms with E-state index < -0.39 is 0 Å². The molecule has 2 heterocycles. The zero-order valence-electron chi connectivity index (χ0n) is 22.3. The first kappa shape index (κ1) is 24.5. The van der Waals surface area contributed by atoms with Crippen molar-refractivity contribution in [2.75, 3.05) is 0 Å². The van der Waals surface area contributed by atoms with Gasteiger partial charge in [-0.15, -0.1) is 22.7 Å². The number of hydrogen-bond acceptors (Lipinski definition) is 4. The molecule has 0 spiro atoms. The van der Waals surface area contributed by atoms with E-state index in [4.69, 9.17) is 0 Å². The van der Waals surface area contributed by atoms with Crippen LogP contribution in [0.25, 0.3) is 73.7 Å². The third-order valence-electron chi connectivity index (χ3n) is 7.89. The van der Waals surface area contributed by atoms with E-state index in [2.05, 4.69) is 115 Å². The molecule has 42 heavy (non-hydrogen) atoms. The molecule has 2 aromatic heterocycles. The van der Waals surface area contributed by atoms with Gasteiger partial charge in [-0.1, -0.05) is 66.7 Å². The van der Waals surface area contributed by atoms with Gasteiger partial charge in [0.05, 0.1) is 23.3 Å². The van der Waals surface area contributed by atoms with Crippen molar-refractivity contribution < 1.29 is 0 Å². The van der Waals surface area contributed by atoms with Gasteiger partial charge in [0, 0.05) is 40.3 Å². The molecule has 0 radical (unpaired) electrons. The van der Waals surface area contributed by atoms with Crippen LogP contribution in [0, 0.1) is 22.7 Å². The standard InChI is InChI=1S/C38H20N2S2/c39-21-23-15-24(22-40)17-25(16-23)26-18-27(29-9-6-14-36-37(29)33-8-2-4-13-35(33)41-36)20-28(19-26)30-10-5-11-32-31-7-1-3-12-34(31)42-38(30)32/h1-20H. The number of benzene rings is 6. The average Bonchev–Trinajstić information content (AvgIpc) is 3.63. The van der Waals surface area contributed by atoms with Gasteiger partial charge in [-0.05, 0) is 88.0 Å². The van der Waals surface area contributed by atoms with Gasteiger partial charge in [-0.3, -0.25) is 0 Å². The van der Waals surface area contributed by atoms with Crippen LogP contribution in [0.2, 0.25) is 0 Å². The lowest BCUT2D eigenvalue weighted by Gasteiger charge is -2.13. The summed E-state index contributed by atoms with van der Waals surface area (Å²) in [6, 6.07) is 46.8. The molecule has 0 fully saturated rings. The fraction of sp³-hybridized carbons (Fsp3) is 0. The number of rotatable bonds is 3. The second-order valence-electron chi connectivity index (χ2n) is 10.4. The third kappa shape index (κ3) is 3.90. The monoisotopic (exact) mass is 568 g/mol. The second-order valence-corrected chi connectivity index (χ2v) is 12.5. The third-order valence-corrected chi connectivity index (χ3v) is 10.2. The van der Waals surface area contributed by atoms with Crippen LogP contribution in [0.15, 0.2) is 121 Å². The summed E-state index contributed by atoms with van der Waals surface area (Å²) in [7, 11) is 0. The Kier molecular flexibility index (Phi) is 5.66. The Bertz CT molecular complexity index is 2410. The minimum atomic E-state index is 0.480. The molecule has 0 saturated heterocycles. The van der Waals surface area contributed by atoms with E-state index in [-0.39, 0.29) is 0 Å². The van der Waals surface area contributed by atoms with Crippen LogP contribution in [0.4, 0.5) is 0 Å². The van der Waals surface area contributed by atoms with Crippen LogP contribution in [-0.2, 0) is 0 Å². The zero-order valence-corrected chi connectivity index (χ0v) is 23.9. The molecule has 0 N–H and O–H groups in total. The molecule has 8 aromatic rings. The van der Waals surface area contributed by atoms with Crippen molar-refractivity contribution in [2.24, 2.45) is 0 Å². The Morgan fingerprint density at radius 1 is 0.429 bits per heavy atom. The lowest BCUT2D eigenvalue weighted by atomic mass is 9.90. The lowest BCUT2D eigenvalue weighted by Crippen LogP contribution is -1.89. The number of nitriles is 2. The molecule has 0 unspecified atom stereocenters. The molecule has 194 valence electrons. The van der Waals surface area contributed by atoms with Crippen molar-refractivity contribution in [1.82, 2.24) is 0 Å². The summed E-state index contributed by atoms with van der Waals surface area (Å²) >= 11 is 3.64. The van der Waals surface area contributed by atoms with Crippen molar-refractivity contribution >= 4 is 63.0 Å². The second kappa shape index (κ2) is 9.68. The Hall–Kier alpha value is -5.26. The molecule has 0 saturated carbocycles. The Morgan fingerprint density at radius 2 is 0.976 bits per heavy atom. The van der Waals surface area contributed by atoms with Crippen LogP contribution < -0.4 is 0 Å². The fourth-order valence-electron chi connectivity index (χ4n) is 6.02. The zero-order chi connectivity index (χ0) is 28.2. The van der Waals surface area contributed by atoms with Crippen molar-refractivity contribution in [1.29, 1.82) is 10.5 Å². The summed E-state index contributed by atoms with van der Waals surface area (Å²) < 4.78 is 5.05. The summed E-state index contributed by atoms with van der Waals surface area (Å²) in [5, 5.41) is 24.5. The normalized spacial score (nSPS) is 11.3. The molecular weight excluding hydrogens is 549 g/mol. The SMILES string of the molecule is N#Cc1cc(C#N)cc(-c2cc(-c3cccc4c3sc3ccccc34)cc(-c3cccc4sc5ccccc5c34)c2)c1. The summed E-state index contributed by atoms with van der Waals surface area (Å²) in [6.07, 6.45) is 0. The maximum Gasteiger partial charge on any atom is 0.0992 e. The van der Waals surface area contributed by atoms with E-state index >= 15 is 0 Å². The van der Waals surface area contributed by atoms with Gasteiger partial charge in [-0.25, -0.2) is 0 Å². The summed E-state index contributed by atoms with van der Waals surface area (Å²) in [4.78, 5) is 0. The molecule has 0 atom stereocenters. The van der Waals surface area contributed by atoms with Crippen molar-refractivity contribution in [3.8, 4) is 45.5 Å². The average molecular weight is 569 g/mol. The maximum atomic E-state index is 9.72. The Morgan fingerprint density at radius 3 is 1.74 bits per heavy atom. The maximum absolute atomic E-state index is 9.72. The van der Waals surface area contributed by atoms with E-state index in [1.54, 1.807) is 6.07 Å². The highest BCUT2D eigenvalue weighted by Gasteiger charge is 2.16. The van der Waals surface area contributed by atoms with Crippen molar-refractivity contribution in [3.63, 3.8) is 0 Å². The largest absolute Gasteiger partial charge is 0.192 e. The van der Waals surface area contributed by atoms with Crippen LogP contribution in [0.3, 0.4) is 0 Å². The van der Waals surface area contributed by atoms with Gasteiger partial charge < -0.3 is 0 Å². The van der Waals surface area contributed by atoms with Gasteiger partial charge in [0.15, 0.2) is 0 Å². The van der Waals surface area contributed by atoms with Gasteiger partial charge in [-0.2, -0.15) is 10.5 Å². The number of nitrogens with zero attached hydrogens (tertiary/aromatic N) is 2. The minimum absolute atomic E-state index is 0.480. The molecule has 4 heteroatoms. The molecule has 0 aliphatic heterocycles. The minimum Gasteiger partial charge on any atom is -0.192 e. The first-order valence-electron chi connectivity index (χ1n) is 13.6. The molecule has 6 aromatic carbocycles. The van der Waals surface area contributed by atoms with Crippen LogP contribution >= 0.6 is 22.7 Å². The first-order valence-corrected chi connectivity index (χ1v) is 15.3. The molecular formula is C38H20N2S2.